The molecule has 0 aromatic heterocycles. The van der Waals surface area contributed by atoms with Crippen molar-refractivity contribution in [2.75, 3.05) is 30.8 Å². The fourth-order valence-electron chi connectivity index (χ4n) is 2.83. The first kappa shape index (κ1) is 15.9. The van der Waals surface area contributed by atoms with Gasteiger partial charge in [0, 0.05) is 6.95 Å². The Bertz CT molecular complexity index is 124. The molecule has 2 heteroatoms. The van der Waals surface area contributed by atoms with Crippen molar-refractivity contribution in [3.05, 3.63) is 0 Å². The van der Waals surface area contributed by atoms with Crippen molar-refractivity contribution in [3.63, 3.8) is 0 Å². The van der Waals surface area contributed by atoms with Crippen molar-refractivity contribution in [1.82, 2.24) is 0 Å². The minimum Gasteiger partial charge on any atom is -0.0619 e. The molecule has 0 rings (SSSR count). The lowest BCUT2D eigenvalue weighted by Gasteiger charge is -2.33. The van der Waals surface area contributed by atoms with Gasteiger partial charge in [-0.2, -0.15) is 0 Å². The third-order valence-electron chi connectivity index (χ3n) is 3.25. The Morgan fingerprint density at radius 3 is 1.20 bits per heavy atom. The number of rotatable bonds is 9. The molecule has 0 aromatic rings. The van der Waals surface area contributed by atoms with Gasteiger partial charge in [0.05, 0.1) is 26.1 Å². The Morgan fingerprint density at radius 1 is 0.667 bits per heavy atom. The smallest absolute Gasteiger partial charge is 0.0613 e. The van der Waals surface area contributed by atoms with E-state index in [9.17, 15) is 0 Å². The van der Waals surface area contributed by atoms with Crippen molar-refractivity contribution in [2.24, 2.45) is 0 Å². The lowest BCUT2D eigenvalue weighted by atomic mass is 10.6. The molecule has 15 heavy (non-hydrogen) atoms. The van der Waals surface area contributed by atoms with Gasteiger partial charge >= 0.3 is 0 Å². The summed E-state index contributed by atoms with van der Waals surface area (Å²) in [4.78, 5) is 0. The summed E-state index contributed by atoms with van der Waals surface area (Å²) in [5, 5.41) is 0. The van der Waals surface area contributed by atoms with Crippen LogP contribution in [0.2, 0.25) is 0 Å². The molecule has 0 atom stereocenters. The summed E-state index contributed by atoms with van der Waals surface area (Å²) in [6.07, 6.45) is 12.0. The molecule has 0 radical (unpaired) electrons. The minimum absolute atomic E-state index is 0.390. The van der Waals surface area contributed by atoms with Crippen LogP contribution in [0.15, 0.2) is 0 Å². The molecule has 0 saturated heterocycles. The summed E-state index contributed by atoms with van der Waals surface area (Å²) in [5.41, 5.74) is 0. The number of hydrogen-bond donors (Lipinski definition) is 0. The SMILES string of the molecule is CCC[P+](CCC)(CCC)P(CC)CC. The highest BCUT2D eigenvalue weighted by Gasteiger charge is 2.41. The predicted molar refractivity (Wildman–Crippen MR) is 80.4 cm³/mol. The fourth-order valence-corrected chi connectivity index (χ4v) is 16.4. The van der Waals surface area contributed by atoms with E-state index in [2.05, 4.69) is 34.6 Å². The van der Waals surface area contributed by atoms with Crippen LogP contribution >= 0.6 is 14.6 Å². The van der Waals surface area contributed by atoms with Gasteiger partial charge in [0.25, 0.3) is 0 Å². The molecule has 0 aliphatic carbocycles. The maximum atomic E-state index is 2.44. The van der Waals surface area contributed by atoms with E-state index in [0.717, 1.165) is 0 Å². The lowest BCUT2D eigenvalue weighted by molar-refractivity contribution is 1.01. The van der Waals surface area contributed by atoms with E-state index in [1.54, 1.807) is 18.5 Å². The molecule has 0 spiro atoms. The second-order valence-corrected chi connectivity index (χ2v) is 14.5. The molecule has 0 saturated carbocycles. The second kappa shape index (κ2) is 8.95. The van der Waals surface area contributed by atoms with E-state index >= 15 is 0 Å². The van der Waals surface area contributed by atoms with Crippen LogP contribution in [-0.2, 0) is 0 Å². The third kappa shape index (κ3) is 4.70. The quantitative estimate of drug-likeness (QED) is 0.462. The first-order valence-electron chi connectivity index (χ1n) is 6.82. The van der Waals surface area contributed by atoms with Crippen molar-refractivity contribution >= 4 is 14.6 Å². The molecule has 0 amide bonds. The summed E-state index contributed by atoms with van der Waals surface area (Å²) < 4.78 is 0. The maximum absolute atomic E-state index is 2.44. The first-order chi connectivity index (χ1) is 7.20. The van der Waals surface area contributed by atoms with Crippen molar-refractivity contribution in [2.45, 2.75) is 53.9 Å². The van der Waals surface area contributed by atoms with Gasteiger partial charge in [-0.1, -0.05) is 34.6 Å². The van der Waals surface area contributed by atoms with Crippen LogP contribution in [0, 0.1) is 0 Å². The molecule has 0 aliphatic heterocycles. The molecular weight excluding hydrogens is 218 g/mol. The predicted octanol–water partition coefficient (Wildman–Crippen LogP) is 5.67. The molecule has 0 aliphatic rings. The van der Waals surface area contributed by atoms with Gasteiger partial charge in [0.2, 0.25) is 0 Å². The highest BCUT2D eigenvalue weighted by atomic mass is 32.1. The molecule has 0 bridgehead atoms. The van der Waals surface area contributed by atoms with Gasteiger partial charge in [-0.15, -0.1) is 0 Å². The zero-order valence-corrected chi connectivity index (χ0v) is 13.3. The first-order valence-corrected chi connectivity index (χ1v) is 11.6. The molecular formula is C13H31P2+. The topological polar surface area (TPSA) is 0 Å². The van der Waals surface area contributed by atoms with E-state index in [4.69, 9.17) is 0 Å². The van der Waals surface area contributed by atoms with Crippen LogP contribution in [0.1, 0.15) is 53.9 Å². The summed E-state index contributed by atoms with van der Waals surface area (Å²) in [5.74, 6) is 0. The molecule has 0 fully saturated rings. The largest absolute Gasteiger partial charge is 0.0619 e. The fraction of sp³-hybridized carbons (Fsp3) is 1.00. The minimum atomic E-state index is -0.541. The van der Waals surface area contributed by atoms with Crippen LogP contribution in [0.4, 0.5) is 0 Å². The Kier molecular flexibility index (Phi) is 9.46. The lowest BCUT2D eigenvalue weighted by Crippen LogP contribution is -2.08. The zero-order chi connectivity index (χ0) is 11.7. The molecule has 0 heterocycles. The Balaban J connectivity index is 4.71. The Morgan fingerprint density at radius 2 is 1.00 bits per heavy atom. The summed E-state index contributed by atoms with van der Waals surface area (Å²) in [6, 6.07) is 0. The Labute approximate surface area is 99.6 Å². The summed E-state index contributed by atoms with van der Waals surface area (Å²) in [6.45, 7) is 11.5. The van der Waals surface area contributed by atoms with E-state index in [1.165, 1.54) is 31.6 Å². The molecule has 0 nitrogen and oxygen atoms in total. The number of hydrogen-bond acceptors (Lipinski definition) is 0. The third-order valence-corrected chi connectivity index (χ3v) is 16.8. The molecule has 92 valence electrons. The average Bonchev–Trinajstić information content (AvgIpc) is 2.20. The second-order valence-electron chi connectivity index (χ2n) is 4.40. The van der Waals surface area contributed by atoms with E-state index in [1.807, 2.05) is 0 Å². The van der Waals surface area contributed by atoms with Gasteiger partial charge in [-0.3, -0.25) is 0 Å². The van der Waals surface area contributed by atoms with Gasteiger partial charge in [-0.05, 0) is 31.6 Å². The highest BCUT2D eigenvalue weighted by Crippen LogP contribution is 2.84. The maximum Gasteiger partial charge on any atom is 0.0613 e. The Hall–Kier alpha value is 0.860. The molecule has 0 unspecified atom stereocenters. The van der Waals surface area contributed by atoms with Crippen molar-refractivity contribution in [1.29, 1.82) is 0 Å². The normalized spacial score (nSPS) is 12.4. The summed E-state index contributed by atoms with van der Waals surface area (Å²) >= 11 is 0. The highest BCUT2D eigenvalue weighted by molar-refractivity contribution is 8.38. The molecule has 0 N–H and O–H groups in total. The van der Waals surface area contributed by atoms with Crippen LogP contribution in [0.5, 0.6) is 0 Å². The summed E-state index contributed by atoms with van der Waals surface area (Å²) in [7, 11) is 0.390. The van der Waals surface area contributed by atoms with Gasteiger partial charge in [0.1, 0.15) is 0 Å². The van der Waals surface area contributed by atoms with Crippen LogP contribution in [0.25, 0.3) is 0 Å². The van der Waals surface area contributed by atoms with Crippen LogP contribution in [-0.4, -0.2) is 30.8 Å². The van der Waals surface area contributed by atoms with Gasteiger partial charge in [-0.25, -0.2) is 0 Å². The van der Waals surface area contributed by atoms with E-state index in [0.29, 0.717) is 7.61 Å². The van der Waals surface area contributed by atoms with Crippen LogP contribution in [0.3, 0.4) is 0 Å². The van der Waals surface area contributed by atoms with Gasteiger partial charge < -0.3 is 0 Å². The van der Waals surface area contributed by atoms with E-state index < -0.39 is 6.95 Å². The van der Waals surface area contributed by atoms with Crippen molar-refractivity contribution < 1.29 is 0 Å². The van der Waals surface area contributed by atoms with Gasteiger partial charge in [0.15, 0.2) is 0 Å². The average molecular weight is 249 g/mol. The monoisotopic (exact) mass is 249 g/mol. The molecule has 0 aromatic carbocycles. The standard InChI is InChI=1S/C13H31P2/c1-6-11-15(12-7-2,13-8-3)14(9-4)10-5/h6-13H2,1-5H3/q+1. The zero-order valence-electron chi connectivity index (χ0n) is 11.6. The van der Waals surface area contributed by atoms with E-state index in [-0.39, 0.29) is 0 Å². The van der Waals surface area contributed by atoms with Crippen molar-refractivity contribution in [3.8, 4) is 0 Å². The van der Waals surface area contributed by atoms with Crippen LogP contribution < -0.4 is 0 Å².